The average Bonchev–Trinajstić information content (AvgIpc) is 3.17. The van der Waals surface area contributed by atoms with Gasteiger partial charge in [0.15, 0.2) is 0 Å². The highest BCUT2D eigenvalue weighted by molar-refractivity contribution is 8.00. The zero-order valence-corrected chi connectivity index (χ0v) is 17.9. The molecule has 0 bridgehead atoms. The van der Waals surface area contributed by atoms with E-state index in [4.69, 9.17) is 4.74 Å². The third-order valence-electron chi connectivity index (χ3n) is 5.27. The van der Waals surface area contributed by atoms with Gasteiger partial charge in [0, 0.05) is 12.6 Å². The summed E-state index contributed by atoms with van der Waals surface area (Å²) in [5.41, 5.74) is 1.86. The van der Waals surface area contributed by atoms with Crippen molar-refractivity contribution in [3.05, 3.63) is 23.8 Å². The molecule has 2 aromatic rings. The predicted octanol–water partition coefficient (Wildman–Crippen LogP) is 3.64. The number of tetrazole rings is 1. The first-order valence-corrected chi connectivity index (χ1v) is 10.8. The molecule has 1 aliphatic rings. The molecular weight excluding hydrogens is 374 g/mol. The highest BCUT2D eigenvalue weighted by Gasteiger charge is 2.29. The topological polar surface area (TPSA) is 73.1 Å². The number of carbonyl (C=O) groups is 1. The highest BCUT2D eigenvalue weighted by Crippen LogP contribution is 2.30. The Morgan fingerprint density at radius 3 is 2.79 bits per heavy atom. The van der Waals surface area contributed by atoms with Gasteiger partial charge in [0.25, 0.3) is 0 Å². The van der Waals surface area contributed by atoms with E-state index >= 15 is 0 Å². The van der Waals surface area contributed by atoms with E-state index in [0.717, 1.165) is 30.6 Å². The minimum absolute atomic E-state index is 0.158. The Morgan fingerprint density at radius 1 is 1.36 bits per heavy atom. The molecule has 1 aliphatic carbocycles. The fraction of sp³-hybridized carbons (Fsp3) is 0.600. The van der Waals surface area contributed by atoms with Crippen LogP contribution in [0.25, 0.3) is 5.69 Å². The summed E-state index contributed by atoms with van der Waals surface area (Å²) in [5, 5.41) is 12.4. The number of aromatic nitrogens is 4. The molecule has 0 saturated heterocycles. The number of rotatable bonds is 7. The minimum atomic E-state index is -0.262. The number of carbonyl (C=O) groups excluding carboxylic acids is 1. The molecular formula is C20H29N5O2S. The quantitative estimate of drug-likeness (QED) is 0.657. The van der Waals surface area contributed by atoms with E-state index in [9.17, 15) is 4.79 Å². The molecule has 3 rings (SSSR count). The third-order valence-corrected chi connectivity index (χ3v) is 6.29. The Labute approximate surface area is 170 Å². The Hall–Kier alpha value is -2.09. The van der Waals surface area contributed by atoms with Gasteiger partial charge in [0.05, 0.1) is 12.4 Å². The predicted molar refractivity (Wildman–Crippen MR) is 110 cm³/mol. The van der Waals surface area contributed by atoms with E-state index in [1.54, 1.807) is 11.8 Å². The summed E-state index contributed by atoms with van der Waals surface area (Å²) in [4.78, 5) is 15.2. The standard InChI is InChI=1S/C20H29N5O2S/c1-5-24(16-9-7-6-8-10-16)19(26)15(3)28-20-21-22-23-25(20)17-13-14(2)11-12-18(17)27-4/h11-13,15-16H,5-10H2,1-4H3/t15-/m1/s1. The number of amides is 1. The Kier molecular flexibility index (Phi) is 6.93. The molecule has 0 aliphatic heterocycles. The summed E-state index contributed by atoms with van der Waals surface area (Å²) in [7, 11) is 1.63. The molecule has 1 amide bonds. The van der Waals surface area contributed by atoms with Gasteiger partial charge in [-0.2, -0.15) is 4.68 Å². The Bertz CT molecular complexity index is 804. The van der Waals surface area contributed by atoms with Gasteiger partial charge in [-0.25, -0.2) is 0 Å². The monoisotopic (exact) mass is 403 g/mol. The van der Waals surface area contributed by atoms with Gasteiger partial charge in [-0.3, -0.25) is 4.79 Å². The van der Waals surface area contributed by atoms with Crippen LogP contribution in [0.2, 0.25) is 0 Å². The maximum absolute atomic E-state index is 13.1. The maximum Gasteiger partial charge on any atom is 0.236 e. The van der Waals surface area contributed by atoms with Crippen molar-refractivity contribution in [2.24, 2.45) is 0 Å². The average molecular weight is 404 g/mol. The van der Waals surface area contributed by atoms with Gasteiger partial charge < -0.3 is 9.64 Å². The number of nitrogens with zero attached hydrogens (tertiary/aromatic N) is 5. The van der Waals surface area contributed by atoms with Gasteiger partial charge >= 0.3 is 0 Å². The summed E-state index contributed by atoms with van der Waals surface area (Å²) < 4.78 is 7.12. The molecule has 0 spiro atoms. The van der Waals surface area contributed by atoms with Gasteiger partial charge in [-0.1, -0.05) is 37.1 Å². The minimum Gasteiger partial charge on any atom is -0.494 e. The van der Waals surface area contributed by atoms with Crippen LogP contribution in [0.5, 0.6) is 5.75 Å². The number of thioether (sulfide) groups is 1. The molecule has 1 fully saturated rings. The van der Waals surface area contributed by atoms with E-state index in [1.165, 1.54) is 31.0 Å². The van der Waals surface area contributed by atoms with E-state index in [1.807, 2.05) is 36.9 Å². The van der Waals surface area contributed by atoms with Crippen LogP contribution in [-0.4, -0.2) is 56.0 Å². The van der Waals surface area contributed by atoms with Crippen molar-refractivity contribution >= 4 is 17.7 Å². The van der Waals surface area contributed by atoms with Crippen LogP contribution < -0.4 is 4.74 Å². The van der Waals surface area contributed by atoms with Crippen molar-refractivity contribution in [3.63, 3.8) is 0 Å². The van der Waals surface area contributed by atoms with Crippen molar-refractivity contribution in [2.45, 2.75) is 69.3 Å². The van der Waals surface area contributed by atoms with Gasteiger partial charge in [0.1, 0.15) is 11.4 Å². The molecule has 0 radical (unpaired) electrons. The SMILES string of the molecule is CCN(C(=O)[C@@H](C)Sc1nnnn1-c1cc(C)ccc1OC)C1CCCCC1. The lowest BCUT2D eigenvalue weighted by molar-refractivity contribution is -0.133. The molecule has 1 atom stereocenters. The van der Waals surface area contributed by atoms with Crippen molar-refractivity contribution in [2.75, 3.05) is 13.7 Å². The maximum atomic E-state index is 13.1. The lowest BCUT2D eigenvalue weighted by Crippen LogP contribution is -2.44. The van der Waals surface area contributed by atoms with Crippen LogP contribution in [0.4, 0.5) is 0 Å². The first-order chi connectivity index (χ1) is 13.5. The lowest BCUT2D eigenvalue weighted by atomic mass is 9.94. The molecule has 8 heteroatoms. The number of benzene rings is 1. The van der Waals surface area contributed by atoms with E-state index in [2.05, 4.69) is 22.4 Å². The largest absolute Gasteiger partial charge is 0.494 e. The second-order valence-electron chi connectivity index (χ2n) is 7.22. The van der Waals surface area contributed by atoms with Crippen molar-refractivity contribution in [1.82, 2.24) is 25.1 Å². The van der Waals surface area contributed by atoms with Crippen LogP contribution in [-0.2, 0) is 4.79 Å². The molecule has 1 heterocycles. The Balaban J connectivity index is 1.78. The zero-order chi connectivity index (χ0) is 20.1. The van der Waals surface area contributed by atoms with Crippen molar-refractivity contribution in [3.8, 4) is 11.4 Å². The first kappa shape index (κ1) is 20.6. The number of hydrogen-bond donors (Lipinski definition) is 0. The third kappa shape index (κ3) is 4.48. The molecule has 0 N–H and O–H groups in total. The summed E-state index contributed by atoms with van der Waals surface area (Å²) >= 11 is 1.39. The molecule has 1 saturated carbocycles. The summed E-state index contributed by atoms with van der Waals surface area (Å²) in [6.45, 7) is 6.75. The fourth-order valence-electron chi connectivity index (χ4n) is 3.80. The number of aryl methyl sites for hydroxylation is 1. The van der Waals surface area contributed by atoms with E-state index < -0.39 is 0 Å². The number of ether oxygens (including phenoxy) is 1. The molecule has 1 aromatic carbocycles. The smallest absolute Gasteiger partial charge is 0.236 e. The Morgan fingerprint density at radius 2 is 2.11 bits per heavy atom. The normalized spacial score (nSPS) is 16.0. The first-order valence-electron chi connectivity index (χ1n) is 9.95. The van der Waals surface area contributed by atoms with E-state index in [0.29, 0.717) is 16.9 Å². The van der Waals surface area contributed by atoms with Crippen molar-refractivity contribution < 1.29 is 9.53 Å². The van der Waals surface area contributed by atoms with Gasteiger partial charge in [-0.15, -0.1) is 5.10 Å². The summed E-state index contributed by atoms with van der Waals surface area (Å²) in [5.74, 6) is 0.848. The van der Waals surface area contributed by atoms with Gasteiger partial charge in [-0.05, 0) is 61.7 Å². The highest BCUT2D eigenvalue weighted by atomic mass is 32.2. The molecule has 28 heavy (non-hydrogen) atoms. The molecule has 0 unspecified atom stereocenters. The summed E-state index contributed by atoms with van der Waals surface area (Å²) in [6, 6.07) is 6.22. The number of hydrogen-bond acceptors (Lipinski definition) is 6. The van der Waals surface area contributed by atoms with Crippen LogP contribution >= 0.6 is 11.8 Å². The second kappa shape index (κ2) is 9.41. The van der Waals surface area contributed by atoms with Crippen LogP contribution in [0.3, 0.4) is 0 Å². The van der Waals surface area contributed by atoms with Crippen LogP contribution in [0, 0.1) is 6.92 Å². The van der Waals surface area contributed by atoms with Crippen LogP contribution in [0.15, 0.2) is 23.4 Å². The zero-order valence-electron chi connectivity index (χ0n) is 17.1. The lowest BCUT2D eigenvalue weighted by Gasteiger charge is -2.35. The molecule has 152 valence electrons. The van der Waals surface area contributed by atoms with Crippen LogP contribution in [0.1, 0.15) is 51.5 Å². The van der Waals surface area contributed by atoms with Crippen molar-refractivity contribution in [1.29, 1.82) is 0 Å². The summed E-state index contributed by atoms with van der Waals surface area (Å²) in [6.07, 6.45) is 5.91. The fourth-order valence-corrected chi connectivity index (χ4v) is 4.67. The second-order valence-corrected chi connectivity index (χ2v) is 8.53. The molecule has 7 nitrogen and oxygen atoms in total. The van der Waals surface area contributed by atoms with E-state index in [-0.39, 0.29) is 11.2 Å². The number of methoxy groups -OCH3 is 1. The van der Waals surface area contributed by atoms with Gasteiger partial charge in [0.2, 0.25) is 11.1 Å². The molecule has 1 aromatic heterocycles.